The monoisotopic (exact) mass is 333 g/mol. The summed E-state index contributed by atoms with van der Waals surface area (Å²) in [7, 11) is -2.98. The molecule has 5 heteroatoms. The number of rotatable bonds is 9. The maximum atomic E-state index is 11.2. The van der Waals surface area contributed by atoms with Crippen molar-refractivity contribution in [3.05, 3.63) is 0 Å². The van der Waals surface area contributed by atoms with Gasteiger partial charge in [0.05, 0.1) is 5.75 Å². The van der Waals surface area contributed by atoms with E-state index in [1.165, 1.54) is 17.3 Å². The van der Waals surface area contributed by atoms with Crippen LogP contribution in [-0.2, 0) is 10.0 Å². The average molecular weight is 333 g/mol. The highest BCUT2D eigenvalue weighted by atomic mass is 127. The molecule has 3 nitrogen and oxygen atoms in total. The van der Waals surface area contributed by atoms with Gasteiger partial charge in [0.15, 0.2) is 0 Å². The Kier molecular flexibility index (Phi) is 9.32. The van der Waals surface area contributed by atoms with E-state index in [9.17, 15) is 8.42 Å². The molecule has 1 N–H and O–H groups in total. The number of alkyl halides is 1. The van der Waals surface area contributed by atoms with E-state index in [0.29, 0.717) is 13.0 Å². The molecule has 14 heavy (non-hydrogen) atoms. The zero-order chi connectivity index (χ0) is 10.9. The van der Waals surface area contributed by atoms with E-state index in [1.807, 2.05) is 6.92 Å². The molecule has 86 valence electrons. The fourth-order valence-corrected chi connectivity index (χ4v) is 2.82. The van der Waals surface area contributed by atoms with Crippen LogP contribution in [-0.4, -0.2) is 25.1 Å². The fourth-order valence-electron chi connectivity index (χ4n) is 1.14. The molecular weight excluding hydrogens is 313 g/mol. The van der Waals surface area contributed by atoms with E-state index < -0.39 is 10.0 Å². The quantitative estimate of drug-likeness (QED) is 0.400. The molecule has 0 unspecified atom stereocenters. The van der Waals surface area contributed by atoms with E-state index in [4.69, 9.17) is 0 Å². The van der Waals surface area contributed by atoms with Crippen LogP contribution in [0.1, 0.15) is 39.0 Å². The van der Waals surface area contributed by atoms with Gasteiger partial charge in [-0.2, -0.15) is 0 Å². The van der Waals surface area contributed by atoms with Crippen molar-refractivity contribution in [2.45, 2.75) is 39.0 Å². The lowest BCUT2D eigenvalue weighted by molar-refractivity contribution is 0.573. The third-order valence-corrected chi connectivity index (χ3v) is 4.21. The standard InChI is InChI=1S/C9H20INO2S/c1-2-9-14(12,13)11-8-6-4-3-5-7-10/h11H,2-9H2,1H3. The SMILES string of the molecule is CCCS(=O)(=O)NCCCCCCI. The minimum Gasteiger partial charge on any atom is -0.215 e. The van der Waals surface area contributed by atoms with Crippen molar-refractivity contribution in [1.29, 1.82) is 0 Å². The lowest BCUT2D eigenvalue weighted by Crippen LogP contribution is -2.27. The second-order valence-corrected chi connectivity index (χ2v) is 6.32. The Morgan fingerprint density at radius 2 is 1.79 bits per heavy atom. The molecule has 0 aliphatic rings. The van der Waals surface area contributed by atoms with Gasteiger partial charge in [-0.3, -0.25) is 0 Å². The van der Waals surface area contributed by atoms with Crippen LogP contribution >= 0.6 is 22.6 Å². The van der Waals surface area contributed by atoms with Crippen molar-refractivity contribution in [2.24, 2.45) is 0 Å². The Bertz CT molecular complexity index is 217. The Hall–Kier alpha value is 0.640. The Labute approximate surface area is 101 Å². The van der Waals surface area contributed by atoms with E-state index in [1.54, 1.807) is 0 Å². The first-order valence-corrected chi connectivity index (χ1v) is 8.33. The Morgan fingerprint density at radius 1 is 1.14 bits per heavy atom. The molecule has 0 amide bonds. The van der Waals surface area contributed by atoms with E-state index in [0.717, 1.165) is 12.8 Å². The molecule has 0 atom stereocenters. The highest BCUT2D eigenvalue weighted by molar-refractivity contribution is 14.1. The number of hydrogen-bond acceptors (Lipinski definition) is 2. The maximum absolute atomic E-state index is 11.2. The molecule has 0 radical (unpaired) electrons. The van der Waals surface area contributed by atoms with Gasteiger partial charge >= 0.3 is 0 Å². The average Bonchev–Trinajstić information content (AvgIpc) is 2.11. The van der Waals surface area contributed by atoms with E-state index in [2.05, 4.69) is 27.3 Å². The molecule has 0 aromatic rings. The summed E-state index contributed by atoms with van der Waals surface area (Å²) < 4.78 is 26.2. The Morgan fingerprint density at radius 3 is 2.36 bits per heavy atom. The first-order chi connectivity index (χ1) is 6.62. The predicted molar refractivity (Wildman–Crippen MR) is 69.4 cm³/mol. The predicted octanol–water partition coefficient (Wildman–Crippen LogP) is 2.31. The third kappa shape index (κ3) is 9.21. The zero-order valence-corrected chi connectivity index (χ0v) is 11.7. The number of halogens is 1. The van der Waals surface area contributed by atoms with Gasteiger partial charge in [0, 0.05) is 6.54 Å². The van der Waals surface area contributed by atoms with Crippen LogP contribution in [0.4, 0.5) is 0 Å². The summed E-state index contributed by atoms with van der Waals surface area (Å²) in [6.07, 6.45) is 5.21. The molecule has 0 spiro atoms. The summed E-state index contributed by atoms with van der Waals surface area (Å²) in [5.74, 6) is 0.251. The molecular formula is C9H20INO2S. The summed E-state index contributed by atoms with van der Waals surface area (Å²) in [6.45, 7) is 2.48. The van der Waals surface area contributed by atoms with Gasteiger partial charge < -0.3 is 0 Å². The topological polar surface area (TPSA) is 46.2 Å². The molecule has 0 saturated heterocycles. The highest BCUT2D eigenvalue weighted by Gasteiger charge is 2.06. The first kappa shape index (κ1) is 14.6. The highest BCUT2D eigenvalue weighted by Crippen LogP contribution is 2.01. The van der Waals surface area contributed by atoms with Crippen molar-refractivity contribution in [1.82, 2.24) is 4.72 Å². The van der Waals surface area contributed by atoms with Gasteiger partial charge in [0.2, 0.25) is 10.0 Å². The van der Waals surface area contributed by atoms with Gasteiger partial charge in [0.25, 0.3) is 0 Å². The van der Waals surface area contributed by atoms with Crippen molar-refractivity contribution >= 4 is 32.6 Å². The van der Waals surface area contributed by atoms with Crippen LogP contribution in [0.3, 0.4) is 0 Å². The summed E-state index contributed by atoms with van der Waals surface area (Å²) >= 11 is 2.36. The first-order valence-electron chi connectivity index (χ1n) is 5.15. The minimum atomic E-state index is -2.98. The van der Waals surface area contributed by atoms with Crippen molar-refractivity contribution in [3.8, 4) is 0 Å². The molecule has 0 aliphatic carbocycles. The molecule has 0 heterocycles. The smallest absolute Gasteiger partial charge is 0.211 e. The zero-order valence-electron chi connectivity index (χ0n) is 8.76. The summed E-state index contributed by atoms with van der Waals surface area (Å²) in [4.78, 5) is 0. The van der Waals surface area contributed by atoms with Gasteiger partial charge in [-0.1, -0.05) is 42.4 Å². The van der Waals surface area contributed by atoms with Crippen LogP contribution < -0.4 is 4.72 Å². The van der Waals surface area contributed by atoms with Crippen LogP contribution in [0.25, 0.3) is 0 Å². The van der Waals surface area contributed by atoms with Crippen LogP contribution in [0.5, 0.6) is 0 Å². The number of unbranched alkanes of at least 4 members (excludes halogenated alkanes) is 3. The summed E-state index contributed by atoms with van der Waals surface area (Å²) in [5, 5.41) is 0. The molecule has 0 saturated carbocycles. The van der Waals surface area contributed by atoms with Crippen LogP contribution in [0.2, 0.25) is 0 Å². The van der Waals surface area contributed by atoms with Crippen molar-refractivity contribution in [2.75, 3.05) is 16.7 Å². The minimum absolute atomic E-state index is 0.251. The molecule has 0 bridgehead atoms. The van der Waals surface area contributed by atoms with Gasteiger partial charge in [-0.25, -0.2) is 13.1 Å². The molecule has 0 rings (SSSR count). The van der Waals surface area contributed by atoms with Crippen molar-refractivity contribution < 1.29 is 8.42 Å². The second-order valence-electron chi connectivity index (χ2n) is 3.32. The lowest BCUT2D eigenvalue weighted by atomic mass is 10.2. The maximum Gasteiger partial charge on any atom is 0.211 e. The van der Waals surface area contributed by atoms with Crippen LogP contribution in [0.15, 0.2) is 0 Å². The van der Waals surface area contributed by atoms with Gasteiger partial charge in [-0.05, 0) is 23.7 Å². The van der Waals surface area contributed by atoms with Crippen molar-refractivity contribution in [3.63, 3.8) is 0 Å². The summed E-state index contributed by atoms with van der Waals surface area (Å²) in [5.41, 5.74) is 0. The largest absolute Gasteiger partial charge is 0.215 e. The van der Waals surface area contributed by atoms with E-state index >= 15 is 0 Å². The van der Waals surface area contributed by atoms with Gasteiger partial charge in [0.1, 0.15) is 0 Å². The molecule has 0 aromatic heterocycles. The molecule has 0 fully saturated rings. The number of nitrogens with one attached hydrogen (secondary N) is 1. The molecule has 0 aliphatic heterocycles. The number of sulfonamides is 1. The molecule has 0 aromatic carbocycles. The Balaban J connectivity index is 3.35. The normalized spacial score (nSPS) is 11.9. The lowest BCUT2D eigenvalue weighted by Gasteiger charge is -2.04. The van der Waals surface area contributed by atoms with Crippen LogP contribution in [0, 0.1) is 0 Å². The number of hydrogen-bond donors (Lipinski definition) is 1. The van der Waals surface area contributed by atoms with E-state index in [-0.39, 0.29) is 5.75 Å². The summed E-state index contributed by atoms with van der Waals surface area (Å²) in [6, 6.07) is 0. The second kappa shape index (κ2) is 8.91. The third-order valence-electron chi connectivity index (χ3n) is 1.86. The fraction of sp³-hybridized carbons (Fsp3) is 1.00. The van der Waals surface area contributed by atoms with Gasteiger partial charge in [-0.15, -0.1) is 0 Å².